The van der Waals surface area contributed by atoms with Gasteiger partial charge in [-0.05, 0) is 53.8 Å². The van der Waals surface area contributed by atoms with E-state index in [0.717, 1.165) is 38.0 Å². The number of aromatic nitrogens is 3. The summed E-state index contributed by atoms with van der Waals surface area (Å²) in [5, 5.41) is 2.99. The van der Waals surface area contributed by atoms with Gasteiger partial charge in [0.2, 0.25) is 0 Å². The molecule has 4 aromatic rings. The van der Waals surface area contributed by atoms with Gasteiger partial charge >= 0.3 is 11.1 Å². The van der Waals surface area contributed by atoms with Crippen molar-refractivity contribution in [2.75, 3.05) is 19.6 Å². The van der Waals surface area contributed by atoms with Crippen molar-refractivity contribution in [2.24, 2.45) is 0 Å². The summed E-state index contributed by atoms with van der Waals surface area (Å²) >= 11 is 0. The van der Waals surface area contributed by atoms with E-state index in [1.165, 1.54) is 15.7 Å². The van der Waals surface area contributed by atoms with Crippen molar-refractivity contribution in [2.45, 2.75) is 25.9 Å². The summed E-state index contributed by atoms with van der Waals surface area (Å²) in [6.45, 7) is 3.76. The molecule has 0 radical (unpaired) electrons. The topological polar surface area (TPSA) is 100 Å². The van der Waals surface area contributed by atoms with E-state index in [4.69, 9.17) is 0 Å². The molecule has 0 bridgehead atoms. The van der Waals surface area contributed by atoms with Crippen LogP contribution >= 0.6 is 0 Å². The number of amides is 1. The second kappa shape index (κ2) is 10.1. The van der Waals surface area contributed by atoms with Crippen LogP contribution in [0.3, 0.4) is 0 Å². The van der Waals surface area contributed by atoms with Crippen LogP contribution in [0.1, 0.15) is 33.5 Å². The van der Waals surface area contributed by atoms with Crippen LogP contribution in [0.4, 0.5) is 0 Å². The van der Waals surface area contributed by atoms with Gasteiger partial charge in [0.1, 0.15) is 0 Å². The Morgan fingerprint density at radius 2 is 1.80 bits per heavy atom. The molecule has 8 heteroatoms. The lowest BCUT2D eigenvalue weighted by Crippen LogP contribution is -2.37. The van der Waals surface area contributed by atoms with Gasteiger partial charge < -0.3 is 10.3 Å². The number of rotatable bonds is 7. The molecule has 178 valence electrons. The number of pyridine rings is 1. The number of nitrogens with one attached hydrogen (secondary N) is 2. The van der Waals surface area contributed by atoms with E-state index in [9.17, 15) is 14.4 Å². The molecule has 0 saturated heterocycles. The van der Waals surface area contributed by atoms with Crippen molar-refractivity contribution >= 4 is 17.1 Å². The van der Waals surface area contributed by atoms with Crippen LogP contribution in [0, 0.1) is 0 Å². The number of hydrogen-bond acceptors (Lipinski definition) is 5. The second-order valence-electron chi connectivity index (χ2n) is 8.82. The average Bonchev–Trinajstić information content (AvgIpc) is 2.89. The number of nitrogens with zero attached hydrogens (tertiary/aromatic N) is 3. The molecule has 0 spiro atoms. The minimum atomic E-state index is -0.685. The highest BCUT2D eigenvalue weighted by atomic mass is 16.2. The second-order valence-corrected chi connectivity index (χ2v) is 8.82. The van der Waals surface area contributed by atoms with Gasteiger partial charge in [0.05, 0.1) is 12.1 Å². The monoisotopic (exact) mass is 469 g/mol. The van der Waals surface area contributed by atoms with Crippen LogP contribution in [0.2, 0.25) is 0 Å². The van der Waals surface area contributed by atoms with Crippen molar-refractivity contribution < 1.29 is 4.79 Å². The zero-order chi connectivity index (χ0) is 24.2. The normalized spacial score (nSPS) is 13.5. The Bertz CT molecular complexity index is 1470. The first-order valence-corrected chi connectivity index (χ1v) is 11.8. The third-order valence-corrected chi connectivity index (χ3v) is 6.43. The summed E-state index contributed by atoms with van der Waals surface area (Å²) in [6.07, 6.45) is 3.54. The summed E-state index contributed by atoms with van der Waals surface area (Å²) in [7, 11) is 0. The predicted molar refractivity (Wildman–Crippen MR) is 135 cm³/mol. The van der Waals surface area contributed by atoms with Crippen LogP contribution in [0.25, 0.3) is 11.2 Å². The fraction of sp³-hybridized carbons (Fsp3) is 0.259. The van der Waals surface area contributed by atoms with Crippen LogP contribution < -0.4 is 16.4 Å². The van der Waals surface area contributed by atoms with Crippen molar-refractivity contribution in [3.05, 3.63) is 110 Å². The van der Waals surface area contributed by atoms with Crippen molar-refractivity contribution in [3.63, 3.8) is 0 Å². The summed E-state index contributed by atoms with van der Waals surface area (Å²) in [4.78, 5) is 46.2. The molecule has 3 heterocycles. The summed E-state index contributed by atoms with van der Waals surface area (Å²) in [5.41, 5.74) is 3.76. The summed E-state index contributed by atoms with van der Waals surface area (Å²) < 4.78 is 1.35. The van der Waals surface area contributed by atoms with Gasteiger partial charge in [0.25, 0.3) is 5.91 Å². The van der Waals surface area contributed by atoms with E-state index in [-0.39, 0.29) is 12.5 Å². The molecule has 0 fully saturated rings. The zero-order valence-corrected chi connectivity index (χ0v) is 19.4. The Balaban J connectivity index is 1.15. The van der Waals surface area contributed by atoms with Gasteiger partial charge in [-0.3, -0.25) is 23.9 Å². The van der Waals surface area contributed by atoms with Crippen molar-refractivity contribution in [1.29, 1.82) is 0 Å². The fourth-order valence-corrected chi connectivity index (χ4v) is 4.55. The number of benzene rings is 2. The molecule has 1 aliphatic heterocycles. The van der Waals surface area contributed by atoms with E-state index < -0.39 is 11.1 Å². The minimum Gasteiger partial charge on any atom is -0.352 e. The summed E-state index contributed by atoms with van der Waals surface area (Å²) in [6, 6.07) is 19.0. The van der Waals surface area contributed by atoms with Crippen LogP contribution in [-0.4, -0.2) is 45.0 Å². The minimum absolute atomic E-state index is 0.124. The molecule has 2 aromatic carbocycles. The van der Waals surface area contributed by atoms with Gasteiger partial charge in [0, 0.05) is 37.9 Å². The predicted octanol–water partition coefficient (Wildman–Crippen LogP) is 2.31. The molecule has 1 aliphatic rings. The molecule has 2 aromatic heterocycles. The zero-order valence-electron chi connectivity index (χ0n) is 19.4. The molecule has 2 N–H and O–H groups in total. The quantitative estimate of drug-likeness (QED) is 0.320. The molecule has 0 atom stereocenters. The molecule has 0 unspecified atom stereocenters. The average molecular weight is 470 g/mol. The van der Waals surface area contributed by atoms with Gasteiger partial charge in [0.15, 0.2) is 5.65 Å². The number of H-pyrrole nitrogens is 1. The Morgan fingerprint density at radius 1 is 1.00 bits per heavy atom. The van der Waals surface area contributed by atoms with Gasteiger partial charge in [-0.15, -0.1) is 0 Å². The molecule has 0 saturated carbocycles. The Labute approximate surface area is 202 Å². The third kappa shape index (κ3) is 5.07. The van der Waals surface area contributed by atoms with Gasteiger partial charge in [-0.1, -0.05) is 36.4 Å². The molecule has 35 heavy (non-hydrogen) atoms. The first-order valence-electron chi connectivity index (χ1n) is 11.8. The molecule has 5 rings (SSSR count). The first-order chi connectivity index (χ1) is 17.1. The number of carbonyl (C=O) groups is 1. The molecule has 8 nitrogen and oxygen atoms in total. The van der Waals surface area contributed by atoms with E-state index in [2.05, 4.69) is 44.5 Å². The van der Waals surface area contributed by atoms with Gasteiger partial charge in [-0.25, -0.2) is 4.98 Å². The number of carbonyl (C=O) groups excluding carboxylic acids is 1. The maximum Gasteiger partial charge on any atom is 0.318 e. The standard InChI is InChI=1S/C27H27N5O3/c33-25(29-14-4-15-31-16-12-20-5-1-2-6-22(20)18-31)21-10-8-19(9-11-21)17-32-24-23(7-3-13-28-24)30-26(34)27(32)35/h1-3,5-11,13H,4,12,14-18H2,(H,29,33)(H,30,34). The van der Waals surface area contributed by atoms with Crippen LogP contribution in [0.15, 0.2) is 76.4 Å². The van der Waals surface area contributed by atoms with Crippen molar-refractivity contribution in [1.82, 2.24) is 24.8 Å². The fourth-order valence-electron chi connectivity index (χ4n) is 4.55. The first kappa shape index (κ1) is 22.7. The van der Waals surface area contributed by atoms with E-state index >= 15 is 0 Å². The van der Waals surface area contributed by atoms with E-state index in [1.807, 2.05) is 0 Å². The maximum absolute atomic E-state index is 12.6. The Hall–Kier alpha value is -4.04. The molecular formula is C27H27N5O3. The smallest absolute Gasteiger partial charge is 0.318 e. The van der Waals surface area contributed by atoms with E-state index in [1.54, 1.807) is 42.6 Å². The molecule has 0 aliphatic carbocycles. The largest absolute Gasteiger partial charge is 0.352 e. The van der Waals surface area contributed by atoms with Crippen LogP contribution in [0.5, 0.6) is 0 Å². The van der Waals surface area contributed by atoms with Crippen molar-refractivity contribution in [3.8, 4) is 0 Å². The van der Waals surface area contributed by atoms with Gasteiger partial charge in [-0.2, -0.15) is 0 Å². The highest BCUT2D eigenvalue weighted by molar-refractivity contribution is 5.94. The van der Waals surface area contributed by atoms with E-state index in [0.29, 0.717) is 23.3 Å². The third-order valence-electron chi connectivity index (χ3n) is 6.43. The maximum atomic E-state index is 12.6. The molecule has 1 amide bonds. The summed E-state index contributed by atoms with van der Waals surface area (Å²) in [5.74, 6) is -0.124. The molecular weight excluding hydrogens is 442 g/mol. The number of aromatic amines is 1. The number of hydrogen-bond donors (Lipinski definition) is 2. The lowest BCUT2D eigenvalue weighted by atomic mass is 10.00. The lowest BCUT2D eigenvalue weighted by Gasteiger charge is -2.28. The number of fused-ring (bicyclic) bond motifs is 2. The Kier molecular flexibility index (Phi) is 6.54. The highest BCUT2D eigenvalue weighted by Crippen LogP contribution is 2.18. The highest BCUT2D eigenvalue weighted by Gasteiger charge is 2.15. The Morgan fingerprint density at radius 3 is 2.63 bits per heavy atom. The SMILES string of the molecule is O=C(NCCCN1CCc2ccccc2C1)c1ccc(Cn2c(=O)c(=O)[nH]c3cccnc32)cc1. The van der Waals surface area contributed by atoms with Crippen LogP contribution in [-0.2, 0) is 19.5 Å². The lowest BCUT2D eigenvalue weighted by molar-refractivity contribution is 0.0951.